The van der Waals surface area contributed by atoms with Crippen LogP contribution in [0, 0.1) is 6.92 Å². The molecule has 0 aliphatic carbocycles. The molecular weight excluding hydrogens is 238 g/mol. The Morgan fingerprint density at radius 2 is 1.53 bits per heavy atom. The van der Waals surface area contributed by atoms with Crippen LogP contribution >= 0.6 is 0 Å². The summed E-state index contributed by atoms with van der Waals surface area (Å²) in [6.45, 7) is 9.38. The molecule has 0 aliphatic rings. The fourth-order valence-electron chi connectivity index (χ4n) is 1.66. The van der Waals surface area contributed by atoms with Crippen LogP contribution in [0.4, 0.5) is 5.82 Å². The van der Waals surface area contributed by atoms with Crippen molar-refractivity contribution in [2.75, 3.05) is 5.32 Å². The molecule has 1 aromatic carbocycles. The van der Waals surface area contributed by atoms with Crippen molar-refractivity contribution in [1.82, 2.24) is 9.97 Å². The van der Waals surface area contributed by atoms with E-state index in [1.807, 2.05) is 45.0 Å². The minimum Gasteiger partial charge on any atom is -0.388 e. The summed E-state index contributed by atoms with van der Waals surface area (Å²) in [4.78, 5) is 9.12. The molecule has 0 fully saturated rings. The molecule has 19 heavy (non-hydrogen) atoms. The van der Waals surface area contributed by atoms with Crippen LogP contribution in [0.5, 0.6) is 0 Å². The number of nitrogens with one attached hydrogen (secondary N) is 1. The van der Waals surface area contributed by atoms with Gasteiger partial charge in [0.15, 0.2) is 0 Å². The van der Waals surface area contributed by atoms with Crippen molar-refractivity contribution < 1.29 is 5.11 Å². The highest BCUT2D eigenvalue weighted by molar-refractivity contribution is 5.76. The number of nitrogens with zero attached hydrogens (tertiary/aromatic N) is 2. The zero-order valence-electron chi connectivity index (χ0n) is 12.2. The van der Waals surface area contributed by atoms with E-state index in [-0.39, 0.29) is 0 Å². The lowest BCUT2D eigenvalue weighted by molar-refractivity contribution is 0.0238. The van der Waals surface area contributed by atoms with Gasteiger partial charge in [-0.05, 0) is 46.8 Å². The first kappa shape index (κ1) is 13.7. The standard InChI is InChI=1S/C15H21N3O/c1-10-13(18-14(2,3)15(4,5)19)17-12-9-7-6-8-11(12)16-10/h6-9,19H,1-5H3,(H,17,18). The number of aryl methyl sites for hydroxylation is 1. The normalized spacial score (nSPS) is 12.7. The molecule has 0 unspecified atom stereocenters. The third kappa shape index (κ3) is 2.68. The summed E-state index contributed by atoms with van der Waals surface area (Å²) in [5, 5.41) is 13.5. The second-order valence-electron chi connectivity index (χ2n) is 5.96. The molecule has 0 amide bonds. The molecule has 1 heterocycles. The van der Waals surface area contributed by atoms with E-state index >= 15 is 0 Å². The van der Waals surface area contributed by atoms with Crippen molar-refractivity contribution >= 4 is 16.9 Å². The summed E-state index contributed by atoms with van der Waals surface area (Å²) in [5.41, 5.74) is 1.19. The van der Waals surface area contributed by atoms with Gasteiger partial charge in [0.25, 0.3) is 0 Å². The predicted octanol–water partition coefficient (Wildman–Crippen LogP) is 2.90. The van der Waals surface area contributed by atoms with Crippen LogP contribution in [0.25, 0.3) is 11.0 Å². The van der Waals surface area contributed by atoms with E-state index in [0.717, 1.165) is 16.7 Å². The van der Waals surface area contributed by atoms with Crippen molar-refractivity contribution in [1.29, 1.82) is 0 Å². The minimum atomic E-state index is -0.868. The van der Waals surface area contributed by atoms with Crippen LogP contribution in [0.15, 0.2) is 24.3 Å². The molecule has 1 aromatic heterocycles. The average Bonchev–Trinajstić information content (AvgIpc) is 2.28. The number of aliphatic hydroxyl groups is 1. The Balaban J connectivity index is 2.43. The highest BCUT2D eigenvalue weighted by Crippen LogP contribution is 2.27. The highest BCUT2D eigenvalue weighted by atomic mass is 16.3. The minimum absolute atomic E-state index is 0.505. The SMILES string of the molecule is Cc1nc2ccccc2nc1NC(C)(C)C(C)(C)O. The van der Waals surface area contributed by atoms with Gasteiger partial charge in [0, 0.05) is 0 Å². The molecule has 0 saturated heterocycles. The molecule has 4 nitrogen and oxygen atoms in total. The Morgan fingerprint density at radius 1 is 1.00 bits per heavy atom. The first-order valence-corrected chi connectivity index (χ1v) is 6.45. The van der Waals surface area contributed by atoms with Crippen molar-refractivity contribution in [3.8, 4) is 0 Å². The topological polar surface area (TPSA) is 58.0 Å². The molecule has 0 bridgehead atoms. The van der Waals surface area contributed by atoms with Gasteiger partial charge < -0.3 is 10.4 Å². The summed E-state index contributed by atoms with van der Waals surface area (Å²) in [7, 11) is 0. The largest absolute Gasteiger partial charge is 0.388 e. The zero-order chi connectivity index (χ0) is 14.3. The van der Waals surface area contributed by atoms with Gasteiger partial charge in [-0.25, -0.2) is 9.97 Å². The van der Waals surface area contributed by atoms with E-state index in [9.17, 15) is 5.11 Å². The van der Waals surface area contributed by atoms with Crippen LogP contribution in [0.1, 0.15) is 33.4 Å². The van der Waals surface area contributed by atoms with Gasteiger partial charge >= 0.3 is 0 Å². The summed E-state index contributed by atoms with van der Waals surface area (Å²) in [6, 6.07) is 7.77. The quantitative estimate of drug-likeness (QED) is 0.890. The van der Waals surface area contributed by atoms with Gasteiger partial charge in [-0.3, -0.25) is 0 Å². The van der Waals surface area contributed by atoms with Crippen LogP contribution in [0.2, 0.25) is 0 Å². The fourth-order valence-corrected chi connectivity index (χ4v) is 1.66. The molecule has 2 N–H and O–H groups in total. The van der Waals surface area contributed by atoms with Gasteiger partial charge in [0.05, 0.1) is 27.9 Å². The Kier molecular flexibility index (Phi) is 3.22. The smallest absolute Gasteiger partial charge is 0.148 e. The van der Waals surface area contributed by atoms with Gasteiger partial charge in [-0.2, -0.15) is 0 Å². The van der Waals surface area contributed by atoms with Crippen LogP contribution in [-0.2, 0) is 0 Å². The van der Waals surface area contributed by atoms with Gasteiger partial charge in [-0.15, -0.1) is 0 Å². The number of benzene rings is 1. The lowest BCUT2D eigenvalue weighted by Gasteiger charge is -2.38. The van der Waals surface area contributed by atoms with E-state index in [1.54, 1.807) is 13.8 Å². The molecule has 2 rings (SSSR count). The summed E-state index contributed by atoms with van der Waals surface area (Å²) < 4.78 is 0. The Hall–Kier alpha value is -1.68. The zero-order valence-corrected chi connectivity index (χ0v) is 12.2. The number of hydrogen-bond donors (Lipinski definition) is 2. The Labute approximate surface area is 113 Å². The lowest BCUT2D eigenvalue weighted by Crippen LogP contribution is -2.51. The molecule has 4 heteroatoms. The molecule has 0 saturated carbocycles. The average molecular weight is 259 g/mol. The second-order valence-corrected chi connectivity index (χ2v) is 5.96. The van der Waals surface area contributed by atoms with Gasteiger partial charge in [0.1, 0.15) is 5.82 Å². The molecular formula is C15H21N3O. The molecule has 2 aromatic rings. The highest BCUT2D eigenvalue weighted by Gasteiger charge is 2.35. The monoisotopic (exact) mass is 259 g/mol. The number of fused-ring (bicyclic) bond motifs is 1. The van der Waals surface area contributed by atoms with E-state index in [2.05, 4.69) is 15.3 Å². The molecule has 102 valence electrons. The fraction of sp³-hybridized carbons (Fsp3) is 0.467. The molecule has 0 atom stereocenters. The summed E-state index contributed by atoms with van der Waals surface area (Å²) in [6.07, 6.45) is 0. The van der Waals surface area contributed by atoms with Crippen molar-refractivity contribution in [2.45, 2.75) is 45.8 Å². The van der Waals surface area contributed by atoms with Crippen LogP contribution in [-0.4, -0.2) is 26.2 Å². The number of para-hydroxylation sites is 2. The van der Waals surface area contributed by atoms with E-state index in [0.29, 0.717) is 5.82 Å². The first-order chi connectivity index (χ1) is 8.71. The second kappa shape index (κ2) is 4.46. The first-order valence-electron chi connectivity index (χ1n) is 6.45. The summed E-state index contributed by atoms with van der Waals surface area (Å²) >= 11 is 0. The Morgan fingerprint density at radius 3 is 2.05 bits per heavy atom. The molecule has 0 spiro atoms. The maximum atomic E-state index is 10.2. The van der Waals surface area contributed by atoms with Crippen LogP contribution < -0.4 is 5.32 Å². The van der Waals surface area contributed by atoms with Gasteiger partial charge in [0.2, 0.25) is 0 Å². The number of rotatable bonds is 3. The molecule has 0 aliphatic heterocycles. The molecule has 0 radical (unpaired) electrons. The Bertz CT molecular complexity index is 600. The van der Waals surface area contributed by atoms with E-state index in [1.165, 1.54) is 0 Å². The summed E-state index contributed by atoms with van der Waals surface area (Å²) in [5.74, 6) is 0.714. The van der Waals surface area contributed by atoms with Gasteiger partial charge in [-0.1, -0.05) is 12.1 Å². The number of aromatic nitrogens is 2. The van der Waals surface area contributed by atoms with Crippen molar-refractivity contribution in [3.05, 3.63) is 30.0 Å². The van der Waals surface area contributed by atoms with Crippen LogP contribution in [0.3, 0.4) is 0 Å². The maximum Gasteiger partial charge on any atom is 0.148 e. The van der Waals surface area contributed by atoms with E-state index in [4.69, 9.17) is 0 Å². The predicted molar refractivity (Wildman–Crippen MR) is 78.3 cm³/mol. The third-order valence-corrected chi connectivity index (χ3v) is 3.71. The maximum absolute atomic E-state index is 10.2. The van der Waals surface area contributed by atoms with Crippen molar-refractivity contribution in [3.63, 3.8) is 0 Å². The third-order valence-electron chi connectivity index (χ3n) is 3.71. The number of anilines is 1. The lowest BCUT2D eigenvalue weighted by atomic mass is 9.86. The van der Waals surface area contributed by atoms with E-state index < -0.39 is 11.1 Å². The number of hydrogen-bond acceptors (Lipinski definition) is 4. The van der Waals surface area contributed by atoms with Crippen molar-refractivity contribution in [2.24, 2.45) is 0 Å².